The second-order valence-corrected chi connectivity index (χ2v) is 7.39. The molecule has 0 saturated heterocycles. The fraction of sp³-hybridized carbons (Fsp3) is 0.545. The quantitative estimate of drug-likeness (QED) is 0.576. The van der Waals surface area contributed by atoms with Crippen LogP contribution in [0.1, 0.15) is 76.1 Å². The molecule has 2 nitrogen and oxygen atoms in total. The highest BCUT2D eigenvalue weighted by molar-refractivity contribution is 5.62. The zero-order valence-electron chi connectivity index (χ0n) is 15.5. The van der Waals surface area contributed by atoms with Gasteiger partial charge in [0.25, 0.3) is 0 Å². The summed E-state index contributed by atoms with van der Waals surface area (Å²) < 4.78 is 14.6. The summed E-state index contributed by atoms with van der Waals surface area (Å²) >= 11 is 0. The zero-order valence-corrected chi connectivity index (χ0v) is 15.5. The first-order chi connectivity index (χ1) is 12.2. The Morgan fingerprint density at radius 1 is 1.00 bits per heavy atom. The van der Waals surface area contributed by atoms with Crippen molar-refractivity contribution in [2.24, 2.45) is 5.92 Å². The molecule has 1 aliphatic carbocycles. The number of benzene rings is 1. The van der Waals surface area contributed by atoms with Crippen LogP contribution in [0, 0.1) is 11.9 Å². The third-order valence-electron chi connectivity index (χ3n) is 5.47. The average molecular weight is 340 g/mol. The van der Waals surface area contributed by atoms with E-state index in [1.54, 1.807) is 6.20 Å². The van der Waals surface area contributed by atoms with Crippen molar-refractivity contribution in [3.8, 4) is 11.1 Å². The van der Waals surface area contributed by atoms with E-state index in [0.29, 0.717) is 17.3 Å². The van der Waals surface area contributed by atoms with E-state index < -0.39 is 0 Å². The minimum atomic E-state index is -0.385. The Balaban J connectivity index is 1.71. The summed E-state index contributed by atoms with van der Waals surface area (Å²) in [5, 5.41) is 0. The lowest BCUT2D eigenvalue weighted by Gasteiger charge is -2.27. The molecule has 1 aliphatic rings. The zero-order chi connectivity index (χ0) is 17.6. The molecule has 0 N–H and O–H groups in total. The van der Waals surface area contributed by atoms with Gasteiger partial charge in [0.2, 0.25) is 5.95 Å². The summed E-state index contributed by atoms with van der Waals surface area (Å²) in [6, 6.07) is 8.09. The standard InChI is InChI=1S/C22H29FN2/c1-3-5-16-7-11-18(12-8-16)20-15-24-22(25-21(20)23)19-13-9-17(6-4-2)10-14-19/h7-8,11-12,15,17,19H,3-6,9-10,13-14H2,1-2H3/t17-,19-. The molecule has 134 valence electrons. The summed E-state index contributed by atoms with van der Waals surface area (Å²) in [5.74, 6) is 1.47. The first-order valence-electron chi connectivity index (χ1n) is 9.83. The number of rotatable bonds is 6. The van der Waals surface area contributed by atoms with Crippen LogP contribution in [0.15, 0.2) is 30.5 Å². The fourth-order valence-corrected chi connectivity index (χ4v) is 4.02. The number of halogens is 1. The smallest absolute Gasteiger partial charge is 0.224 e. The minimum Gasteiger partial charge on any atom is -0.240 e. The molecule has 3 rings (SSSR count). The van der Waals surface area contributed by atoms with E-state index in [0.717, 1.165) is 37.2 Å². The monoisotopic (exact) mass is 340 g/mol. The highest BCUT2D eigenvalue weighted by Crippen LogP contribution is 2.36. The van der Waals surface area contributed by atoms with Gasteiger partial charge < -0.3 is 0 Å². The summed E-state index contributed by atoms with van der Waals surface area (Å²) in [6.07, 6.45) is 11.1. The van der Waals surface area contributed by atoms with E-state index in [2.05, 4.69) is 35.9 Å². The molecule has 25 heavy (non-hydrogen) atoms. The highest BCUT2D eigenvalue weighted by atomic mass is 19.1. The van der Waals surface area contributed by atoms with Gasteiger partial charge in [0.05, 0.1) is 5.56 Å². The Morgan fingerprint density at radius 3 is 2.32 bits per heavy atom. The van der Waals surface area contributed by atoms with Gasteiger partial charge in [-0.05, 0) is 49.1 Å². The van der Waals surface area contributed by atoms with E-state index >= 15 is 0 Å². The molecule has 0 amide bonds. The molecule has 1 aromatic heterocycles. The molecule has 1 aromatic carbocycles. The van der Waals surface area contributed by atoms with Gasteiger partial charge in [0.1, 0.15) is 5.82 Å². The van der Waals surface area contributed by atoms with Crippen LogP contribution in [0.5, 0.6) is 0 Å². The van der Waals surface area contributed by atoms with Crippen LogP contribution in [0.25, 0.3) is 11.1 Å². The number of hydrogen-bond donors (Lipinski definition) is 0. The van der Waals surface area contributed by atoms with Crippen molar-refractivity contribution >= 4 is 0 Å². The maximum Gasteiger partial charge on any atom is 0.224 e. The van der Waals surface area contributed by atoms with Gasteiger partial charge in [-0.15, -0.1) is 0 Å². The van der Waals surface area contributed by atoms with E-state index in [1.165, 1.54) is 31.2 Å². The Labute approximate surface area is 150 Å². The van der Waals surface area contributed by atoms with Gasteiger partial charge in [-0.3, -0.25) is 0 Å². The van der Waals surface area contributed by atoms with Crippen molar-refractivity contribution in [2.45, 2.75) is 71.1 Å². The van der Waals surface area contributed by atoms with Gasteiger partial charge in [0.15, 0.2) is 0 Å². The number of aryl methyl sites for hydroxylation is 1. The summed E-state index contributed by atoms with van der Waals surface area (Å²) in [4.78, 5) is 8.74. The first kappa shape index (κ1) is 18.0. The lowest BCUT2D eigenvalue weighted by molar-refractivity contribution is 0.301. The first-order valence-corrected chi connectivity index (χ1v) is 9.83. The molecule has 1 saturated carbocycles. The predicted octanol–water partition coefficient (Wildman–Crippen LogP) is 6.31. The van der Waals surface area contributed by atoms with Crippen molar-refractivity contribution in [3.05, 3.63) is 47.8 Å². The highest BCUT2D eigenvalue weighted by Gasteiger charge is 2.24. The Morgan fingerprint density at radius 2 is 1.72 bits per heavy atom. The van der Waals surface area contributed by atoms with E-state index in [4.69, 9.17) is 0 Å². The Kier molecular flexibility index (Phi) is 6.17. The number of nitrogens with zero attached hydrogens (tertiary/aromatic N) is 2. The topological polar surface area (TPSA) is 25.8 Å². The van der Waals surface area contributed by atoms with Crippen LogP contribution in [-0.2, 0) is 6.42 Å². The van der Waals surface area contributed by atoms with Crippen molar-refractivity contribution in [1.29, 1.82) is 0 Å². The normalized spacial score (nSPS) is 20.6. The summed E-state index contributed by atoms with van der Waals surface area (Å²) in [6.45, 7) is 4.41. The summed E-state index contributed by atoms with van der Waals surface area (Å²) in [5.41, 5.74) is 2.65. The van der Waals surface area contributed by atoms with Crippen LogP contribution in [-0.4, -0.2) is 9.97 Å². The lowest BCUT2D eigenvalue weighted by atomic mass is 9.80. The number of hydrogen-bond acceptors (Lipinski definition) is 2. The molecule has 0 aliphatic heterocycles. The van der Waals surface area contributed by atoms with Gasteiger partial charge in [-0.1, -0.05) is 57.4 Å². The molecular formula is C22H29FN2. The molecule has 0 bridgehead atoms. The maximum atomic E-state index is 14.6. The second-order valence-electron chi connectivity index (χ2n) is 7.39. The molecule has 3 heteroatoms. The van der Waals surface area contributed by atoms with Crippen LogP contribution in [0.4, 0.5) is 4.39 Å². The number of aromatic nitrogens is 2. The van der Waals surface area contributed by atoms with Crippen LogP contribution < -0.4 is 0 Å². The molecule has 1 fully saturated rings. The van der Waals surface area contributed by atoms with E-state index in [9.17, 15) is 4.39 Å². The van der Waals surface area contributed by atoms with Gasteiger partial charge in [-0.2, -0.15) is 4.39 Å². The molecule has 1 heterocycles. The van der Waals surface area contributed by atoms with Crippen LogP contribution in [0.2, 0.25) is 0 Å². The SMILES string of the molecule is CCCc1ccc(-c2cnc([C@H]3CC[C@H](CCC)CC3)nc2F)cc1. The third-order valence-corrected chi connectivity index (χ3v) is 5.47. The molecule has 0 radical (unpaired) electrons. The molecule has 0 spiro atoms. The lowest BCUT2D eigenvalue weighted by Crippen LogP contribution is -2.16. The molecular weight excluding hydrogens is 311 g/mol. The third kappa shape index (κ3) is 4.45. The predicted molar refractivity (Wildman–Crippen MR) is 101 cm³/mol. The Bertz CT molecular complexity index is 673. The van der Waals surface area contributed by atoms with Gasteiger partial charge in [-0.25, -0.2) is 9.97 Å². The van der Waals surface area contributed by atoms with Crippen molar-refractivity contribution in [1.82, 2.24) is 9.97 Å². The molecule has 0 unspecified atom stereocenters. The van der Waals surface area contributed by atoms with Crippen molar-refractivity contribution in [3.63, 3.8) is 0 Å². The summed E-state index contributed by atoms with van der Waals surface area (Å²) in [7, 11) is 0. The minimum absolute atomic E-state index is 0.323. The van der Waals surface area contributed by atoms with Crippen LogP contribution in [0.3, 0.4) is 0 Å². The Hall–Kier alpha value is -1.77. The fourth-order valence-electron chi connectivity index (χ4n) is 4.02. The maximum absolute atomic E-state index is 14.6. The molecule has 2 aromatic rings. The van der Waals surface area contributed by atoms with Crippen LogP contribution >= 0.6 is 0 Å². The van der Waals surface area contributed by atoms with Gasteiger partial charge >= 0.3 is 0 Å². The largest absolute Gasteiger partial charge is 0.240 e. The average Bonchev–Trinajstić information content (AvgIpc) is 2.64. The van der Waals surface area contributed by atoms with Crippen molar-refractivity contribution in [2.75, 3.05) is 0 Å². The molecule has 0 atom stereocenters. The second kappa shape index (κ2) is 8.55. The van der Waals surface area contributed by atoms with E-state index in [-0.39, 0.29) is 5.95 Å². The van der Waals surface area contributed by atoms with Gasteiger partial charge in [0, 0.05) is 12.1 Å². The van der Waals surface area contributed by atoms with E-state index in [1.807, 2.05) is 12.1 Å². The van der Waals surface area contributed by atoms with Crippen molar-refractivity contribution < 1.29 is 4.39 Å².